The van der Waals surface area contributed by atoms with Gasteiger partial charge in [-0.2, -0.15) is 0 Å². The van der Waals surface area contributed by atoms with E-state index in [0.29, 0.717) is 15.4 Å². The molecular weight excluding hydrogens is 452 g/mol. The maximum atomic E-state index is 13.3. The number of carbonyl (C=O) groups is 2. The molecule has 0 atom stereocenters. The first-order chi connectivity index (χ1) is 16.2. The molecule has 1 heterocycles. The summed E-state index contributed by atoms with van der Waals surface area (Å²) in [6.07, 6.45) is 3.00. The zero-order valence-corrected chi connectivity index (χ0v) is 19.9. The maximum Gasteiger partial charge on any atom is 0.274 e. The van der Waals surface area contributed by atoms with Crippen molar-refractivity contribution in [2.24, 2.45) is 5.73 Å². The van der Waals surface area contributed by atoms with Gasteiger partial charge in [-0.05, 0) is 43.9 Å². The number of nitrogens with one attached hydrogen (secondary N) is 3. The minimum Gasteiger partial charge on any atom is -0.510 e. The number of amidine groups is 1. The molecule has 1 saturated carbocycles. The predicted molar refractivity (Wildman–Crippen MR) is 135 cm³/mol. The lowest BCUT2D eigenvalue weighted by molar-refractivity contribution is -0.130. The first-order valence-electron chi connectivity index (χ1n) is 10.9. The molecule has 2 amide bonds. The van der Waals surface area contributed by atoms with E-state index in [0.717, 1.165) is 24.8 Å². The third kappa shape index (κ3) is 6.16. The smallest absolute Gasteiger partial charge is 0.274 e. The highest BCUT2D eigenvalue weighted by Crippen LogP contribution is 2.31. The van der Waals surface area contributed by atoms with E-state index in [2.05, 4.69) is 17.2 Å². The molecule has 0 spiro atoms. The van der Waals surface area contributed by atoms with Gasteiger partial charge in [0.1, 0.15) is 18.1 Å². The number of benzene rings is 1. The Balaban J connectivity index is 1.77. The van der Waals surface area contributed by atoms with Crippen molar-refractivity contribution in [3.63, 3.8) is 0 Å². The van der Waals surface area contributed by atoms with E-state index in [4.69, 9.17) is 16.9 Å². The summed E-state index contributed by atoms with van der Waals surface area (Å²) in [5.41, 5.74) is 13.1. The molecular formula is C24H30N6O3S. The number of nitrogens with two attached hydrogens (primary N) is 2. The molecule has 0 saturated heterocycles. The third-order valence-electron chi connectivity index (χ3n) is 5.52. The molecule has 9 nitrogen and oxygen atoms in total. The van der Waals surface area contributed by atoms with E-state index in [-0.39, 0.29) is 42.1 Å². The van der Waals surface area contributed by atoms with E-state index >= 15 is 0 Å². The second-order valence-corrected chi connectivity index (χ2v) is 9.28. The minimum atomic E-state index is -0.497. The highest BCUT2D eigenvalue weighted by atomic mass is 32.1. The maximum absolute atomic E-state index is 13.3. The summed E-state index contributed by atoms with van der Waals surface area (Å²) in [6.45, 7) is 5.24. The number of anilines is 1. The van der Waals surface area contributed by atoms with Gasteiger partial charge in [0.05, 0.1) is 21.3 Å². The second kappa shape index (κ2) is 10.9. The van der Waals surface area contributed by atoms with Gasteiger partial charge in [-0.3, -0.25) is 19.9 Å². The predicted octanol–water partition coefficient (Wildman–Crippen LogP) is 2.66. The number of hydrogen-bond donors (Lipinski definition) is 6. The summed E-state index contributed by atoms with van der Waals surface area (Å²) in [4.78, 5) is 28.0. The van der Waals surface area contributed by atoms with Crippen LogP contribution in [0.15, 0.2) is 54.4 Å². The Hall–Kier alpha value is -3.79. The number of nitrogens with zero attached hydrogens (tertiary/aromatic N) is 1. The fraction of sp³-hybridized carbons (Fsp3) is 0.292. The molecule has 1 aromatic heterocycles. The zero-order valence-electron chi connectivity index (χ0n) is 19.1. The van der Waals surface area contributed by atoms with Crippen LogP contribution in [0.1, 0.15) is 42.2 Å². The third-order valence-corrected chi connectivity index (χ3v) is 6.44. The Kier molecular flexibility index (Phi) is 7.95. The Labute approximate surface area is 202 Å². The van der Waals surface area contributed by atoms with Gasteiger partial charge in [0, 0.05) is 18.2 Å². The average molecular weight is 483 g/mol. The van der Waals surface area contributed by atoms with Gasteiger partial charge >= 0.3 is 0 Å². The Morgan fingerprint density at radius 3 is 2.41 bits per heavy atom. The molecule has 0 unspecified atom stereocenters. The quantitative estimate of drug-likeness (QED) is 0.132. The van der Waals surface area contributed by atoms with Crippen molar-refractivity contribution >= 4 is 39.7 Å². The topological polar surface area (TPSA) is 158 Å². The summed E-state index contributed by atoms with van der Waals surface area (Å²) < 4.78 is 0. The molecule has 0 bridgehead atoms. The lowest BCUT2D eigenvalue weighted by Crippen LogP contribution is -2.44. The lowest BCUT2D eigenvalue weighted by Gasteiger charge is -2.31. The fourth-order valence-electron chi connectivity index (χ4n) is 3.47. The lowest BCUT2D eigenvalue weighted by atomic mass is 9.93. The number of aliphatic hydroxyl groups excluding tert-OH is 1. The molecule has 0 radical (unpaired) electrons. The molecule has 1 aromatic carbocycles. The molecule has 180 valence electrons. The molecule has 34 heavy (non-hydrogen) atoms. The van der Waals surface area contributed by atoms with Crippen LogP contribution in [-0.2, 0) is 16.1 Å². The largest absolute Gasteiger partial charge is 0.510 e. The SMILES string of the molecule is C=C(NC1CCC1)C(=O)N(CC(=O)NCc1ccc(C(=N)N)cc1)/C(=C(\C)O)c1ccc(N)s1. The summed E-state index contributed by atoms with van der Waals surface area (Å²) in [5.74, 6) is -1.06. The number of allylic oxidation sites excluding steroid dienone is 1. The number of thiophene rings is 1. The molecule has 10 heteroatoms. The summed E-state index contributed by atoms with van der Waals surface area (Å²) in [6, 6.07) is 10.5. The Morgan fingerprint density at radius 2 is 1.91 bits per heavy atom. The van der Waals surface area contributed by atoms with E-state index in [1.807, 2.05) is 0 Å². The van der Waals surface area contributed by atoms with Crippen LogP contribution in [0.2, 0.25) is 0 Å². The van der Waals surface area contributed by atoms with Crippen LogP contribution in [0.3, 0.4) is 0 Å². The van der Waals surface area contributed by atoms with Crippen LogP contribution >= 0.6 is 11.3 Å². The molecule has 3 rings (SSSR count). The fourth-order valence-corrected chi connectivity index (χ4v) is 4.35. The normalized spacial score (nSPS) is 13.9. The van der Waals surface area contributed by atoms with Gasteiger partial charge in [0.2, 0.25) is 5.91 Å². The number of carbonyl (C=O) groups excluding carboxylic acids is 2. The number of aliphatic hydroxyl groups is 1. The average Bonchev–Trinajstić information content (AvgIpc) is 3.19. The van der Waals surface area contributed by atoms with Crippen molar-refractivity contribution in [3.05, 3.63) is 70.4 Å². The summed E-state index contributed by atoms with van der Waals surface area (Å²) in [7, 11) is 0. The Bertz CT molecular complexity index is 1110. The first kappa shape index (κ1) is 24.8. The summed E-state index contributed by atoms with van der Waals surface area (Å²) >= 11 is 1.21. The Morgan fingerprint density at radius 1 is 1.24 bits per heavy atom. The highest BCUT2D eigenvalue weighted by molar-refractivity contribution is 7.16. The van der Waals surface area contributed by atoms with Crippen LogP contribution < -0.4 is 22.1 Å². The van der Waals surface area contributed by atoms with Gasteiger partial charge in [-0.25, -0.2) is 0 Å². The van der Waals surface area contributed by atoms with E-state index in [9.17, 15) is 14.7 Å². The van der Waals surface area contributed by atoms with Crippen molar-refractivity contribution in [2.75, 3.05) is 12.3 Å². The molecule has 1 aliphatic carbocycles. The van der Waals surface area contributed by atoms with E-state index in [1.54, 1.807) is 36.4 Å². The van der Waals surface area contributed by atoms with Crippen molar-refractivity contribution < 1.29 is 14.7 Å². The second-order valence-electron chi connectivity index (χ2n) is 8.17. The van der Waals surface area contributed by atoms with Gasteiger partial charge < -0.3 is 27.2 Å². The monoisotopic (exact) mass is 482 g/mol. The molecule has 0 aliphatic heterocycles. The zero-order chi connectivity index (χ0) is 24.8. The van der Waals surface area contributed by atoms with E-state index in [1.165, 1.54) is 23.2 Å². The molecule has 8 N–H and O–H groups in total. The summed E-state index contributed by atoms with van der Waals surface area (Å²) in [5, 5.41) is 24.3. The standard InChI is InChI=1S/C24H30N6O3S/c1-14(29-18-4-3-5-18)24(33)30(22(15(2)31)19-10-11-20(25)34-19)13-21(32)28-12-16-6-8-17(9-7-16)23(26)27/h6-11,18,29,31H,1,3-5,12-13,25H2,2H3,(H3,26,27)(H,28,32)/b22-15+. The number of nitrogen functional groups attached to an aromatic ring is 2. The van der Waals surface area contributed by atoms with Crippen LogP contribution in [0.4, 0.5) is 5.00 Å². The minimum absolute atomic E-state index is 0.0339. The molecule has 2 aromatic rings. The first-order valence-corrected chi connectivity index (χ1v) is 11.7. The van der Waals surface area contributed by atoms with E-state index < -0.39 is 11.8 Å². The van der Waals surface area contributed by atoms with Gasteiger partial charge in [0.15, 0.2) is 0 Å². The van der Waals surface area contributed by atoms with Crippen LogP contribution in [0, 0.1) is 5.41 Å². The molecule has 1 fully saturated rings. The van der Waals surface area contributed by atoms with Crippen LogP contribution in [0.25, 0.3) is 5.70 Å². The van der Waals surface area contributed by atoms with Crippen LogP contribution in [-0.4, -0.2) is 40.2 Å². The highest BCUT2D eigenvalue weighted by Gasteiger charge is 2.29. The van der Waals surface area contributed by atoms with Crippen LogP contribution in [0.5, 0.6) is 0 Å². The van der Waals surface area contributed by atoms with Gasteiger partial charge in [0.25, 0.3) is 5.91 Å². The van der Waals surface area contributed by atoms with Gasteiger partial charge in [-0.15, -0.1) is 11.3 Å². The van der Waals surface area contributed by atoms with Crippen molar-refractivity contribution in [1.82, 2.24) is 15.5 Å². The number of hydrogen-bond acceptors (Lipinski definition) is 7. The number of amides is 2. The molecule has 1 aliphatic rings. The van der Waals surface area contributed by atoms with Crippen molar-refractivity contribution in [2.45, 2.75) is 38.8 Å². The van der Waals surface area contributed by atoms with Gasteiger partial charge in [-0.1, -0.05) is 30.8 Å². The van der Waals surface area contributed by atoms with Crippen molar-refractivity contribution in [3.8, 4) is 0 Å². The van der Waals surface area contributed by atoms with Crippen molar-refractivity contribution in [1.29, 1.82) is 5.41 Å². The number of rotatable bonds is 10.